The maximum Gasteiger partial charge on any atom is 0.230 e. The van der Waals surface area contributed by atoms with Crippen LogP contribution in [0.3, 0.4) is 0 Å². The minimum atomic E-state index is 0.0902. The Bertz CT molecular complexity index is 755. The third-order valence-corrected chi connectivity index (χ3v) is 6.26. The molecule has 1 aromatic carbocycles. The van der Waals surface area contributed by atoms with E-state index in [1.165, 1.54) is 30.2 Å². The Hall–Kier alpha value is -1.86. The van der Waals surface area contributed by atoms with Crippen LogP contribution in [0.2, 0.25) is 0 Å². The lowest BCUT2D eigenvalue weighted by Crippen LogP contribution is -2.33. The van der Waals surface area contributed by atoms with Gasteiger partial charge in [-0.15, -0.1) is 10.2 Å². The molecule has 1 aliphatic carbocycles. The summed E-state index contributed by atoms with van der Waals surface area (Å²) in [6, 6.07) is 10.9. The summed E-state index contributed by atoms with van der Waals surface area (Å²) in [4.78, 5) is 14.5. The van der Waals surface area contributed by atoms with Gasteiger partial charge in [-0.05, 0) is 38.9 Å². The number of hydrogen-bond donors (Lipinski definition) is 1. The average Bonchev–Trinajstić information content (AvgIpc) is 3.32. The summed E-state index contributed by atoms with van der Waals surface area (Å²) in [6.07, 6.45) is 5.59. The average molecular weight is 402 g/mol. The third kappa shape index (κ3) is 5.35. The maximum atomic E-state index is 12.3. The number of thioether (sulfide) groups is 1. The number of hydrogen-bond acceptors (Lipinski definition) is 5. The molecule has 1 amide bonds. The number of carbonyl (C=O) groups excluding carboxylic acids is 1. The van der Waals surface area contributed by atoms with Crippen LogP contribution in [0, 0.1) is 0 Å². The highest BCUT2D eigenvalue weighted by Gasteiger charge is 2.23. The fourth-order valence-electron chi connectivity index (χ4n) is 3.82. The van der Waals surface area contributed by atoms with Crippen LogP contribution in [-0.2, 0) is 11.3 Å². The quantitative estimate of drug-likeness (QED) is 0.652. The molecule has 28 heavy (non-hydrogen) atoms. The van der Waals surface area contributed by atoms with Gasteiger partial charge in [0.15, 0.2) is 11.0 Å². The SMILES string of the molecule is CC[C@@H](c1nnc(SCC(=O)NC2CCCC2)n1Cc1ccccc1)N(C)C. The van der Waals surface area contributed by atoms with Gasteiger partial charge in [-0.1, -0.05) is 61.9 Å². The summed E-state index contributed by atoms with van der Waals surface area (Å²) < 4.78 is 2.16. The highest BCUT2D eigenvalue weighted by atomic mass is 32.2. The fraction of sp³-hybridized carbons (Fsp3) is 0.571. The highest BCUT2D eigenvalue weighted by molar-refractivity contribution is 7.99. The molecule has 1 N–H and O–H groups in total. The second kappa shape index (κ2) is 10.1. The molecular weight excluding hydrogens is 370 g/mol. The van der Waals surface area contributed by atoms with Gasteiger partial charge >= 0.3 is 0 Å². The van der Waals surface area contributed by atoms with Crippen molar-refractivity contribution in [2.24, 2.45) is 0 Å². The molecule has 0 bridgehead atoms. The van der Waals surface area contributed by atoms with Crippen molar-refractivity contribution in [2.75, 3.05) is 19.8 Å². The molecule has 0 saturated heterocycles. The van der Waals surface area contributed by atoms with Gasteiger partial charge < -0.3 is 9.88 Å². The molecule has 0 spiro atoms. The Morgan fingerprint density at radius 1 is 1.25 bits per heavy atom. The van der Waals surface area contributed by atoms with Crippen molar-refractivity contribution in [1.82, 2.24) is 25.0 Å². The van der Waals surface area contributed by atoms with Gasteiger partial charge in [0.05, 0.1) is 18.3 Å². The molecule has 2 aromatic rings. The van der Waals surface area contributed by atoms with Crippen LogP contribution in [-0.4, -0.2) is 51.5 Å². The van der Waals surface area contributed by atoms with Gasteiger partial charge in [-0.2, -0.15) is 0 Å². The summed E-state index contributed by atoms with van der Waals surface area (Å²) >= 11 is 1.48. The van der Waals surface area contributed by atoms with E-state index >= 15 is 0 Å². The van der Waals surface area contributed by atoms with E-state index in [1.54, 1.807) is 0 Å². The second-order valence-corrected chi connectivity index (χ2v) is 8.58. The first-order valence-corrected chi connectivity index (χ1v) is 11.1. The molecule has 3 rings (SSSR count). The standard InChI is InChI=1S/C21H31N5OS/c1-4-18(25(2)3)20-23-24-21(26(20)14-16-10-6-5-7-11-16)28-15-19(27)22-17-12-8-9-13-17/h5-7,10-11,17-18H,4,8-9,12-15H2,1-3H3,(H,22,27)/t18-/m0/s1. The van der Waals surface area contributed by atoms with Crippen molar-refractivity contribution in [1.29, 1.82) is 0 Å². The number of benzene rings is 1. The summed E-state index contributed by atoms with van der Waals surface area (Å²) in [5.74, 6) is 1.42. The first-order valence-electron chi connectivity index (χ1n) is 10.1. The molecule has 1 atom stereocenters. The van der Waals surface area contributed by atoms with Crippen molar-refractivity contribution in [3.8, 4) is 0 Å². The molecule has 1 aliphatic rings. The zero-order valence-corrected chi connectivity index (χ0v) is 17.9. The van der Waals surface area contributed by atoms with Crippen LogP contribution in [0.1, 0.15) is 56.5 Å². The zero-order valence-electron chi connectivity index (χ0n) is 17.1. The number of carbonyl (C=O) groups is 1. The number of rotatable bonds is 9. The lowest BCUT2D eigenvalue weighted by Gasteiger charge is -2.23. The van der Waals surface area contributed by atoms with E-state index in [-0.39, 0.29) is 11.9 Å². The molecule has 152 valence electrons. The lowest BCUT2D eigenvalue weighted by molar-refractivity contribution is -0.119. The summed E-state index contributed by atoms with van der Waals surface area (Å²) in [5.41, 5.74) is 1.20. The van der Waals surface area contributed by atoms with Crippen molar-refractivity contribution < 1.29 is 4.79 Å². The minimum Gasteiger partial charge on any atom is -0.353 e. The van der Waals surface area contributed by atoms with E-state index in [2.05, 4.69) is 58.1 Å². The number of nitrogens with one attached hydrogen (secondary N) is 1. The Labute approximate surface area is 172 Å². The minimum absolute atomic E-state index is 0.0902. The molecule has 0 unspecified atom stereocenters. The van der Waals surface area contributed by atoms with Crippen LogP contribution >= 0.6 is 11.8 Å². The molecular formula is C21H31N5OS. The third-order valence-electron chi connectivity index (χ3n) is 5.29. The van der Waals surface area contributed by atoms with Crippen molar-refractivity contribution in [3.05, 3.63) is 41.7 Å². The summed E-state index contributed by atoms with van der Waals surface area (Å²) in [5, 5.41) is 12.9. The van der Waals surface area contributed by atoms with E-state index in [0.29, 0.717) is 18.3 Å². The van der Waals surface area contributed by atoms with Gasteiger partial charge in [0, 0.05) is 6.04 Å². The summed E-state index contributed by atoms with van der Waals surface area (Å²) in [6.45, 7) is 2.87. The monoisotopic (exact) mass is 401 g/mol. The van der Waals surface area contributed by atoms with Crippen LogP contribution in [0.25, 0.3) is 0 Å². The molecule has 6 nitrogen and oxygen atoms in total. The highest BCUT2D eigenvalue weighted by Crippen LogP contribution is 2.26. The van der Waals surface area contributed by atoms with Crippen molar-refractivity contribution >= 4 is 17.7 Å². The predicted molar refractivity (Wildman–Crippen MR) is 113 cm³/mol. The molecule has 7 heteroatoms. The first kappa shape index (κ1) is 20.9. The maximum absolute atomic E-state index is 12.3. The molecule has 1 fully saturated rings. The normalized spacial score (nSPS) is 15.9. The molecule has 0 radical (unpaired) electrons. The molecule has 1 aromatic heterocycles. The van der Waals surface area contributed by atoms with Gasteiger partial charge in [0.2, 0.25) is 5.91 Å². The topological polar surface area (TPSA) is 63.1 Å². The van der Waals surface area contributed by atoms with Gasteiger partial charge in [0.1, 0.15) is 0 Å². The predicted octanol–water partition coefficient (Wildman–Crippen LogP) is 3.49. The molecule has 1 heterocycles. The molecule has 1 saturated carbocycles. The van der Waals surface area contributed by atoms with Crippen LogP contribution in [0.15, 0.2) is 35.5 Å². The number of amides is 1. The van der Waals surface area contributed by atoms with E-state index in [9.17, 15) is 4.79 Å². The van der Waals surface area contributed by atoms with E-state index < -0.39 is 0 Å². The fourth-order valence-corrected chi connectivity index (χ4v) is 4.57. The molecule has 0 aliphatic heterocycles. The zero-order chi connectivity index (χ0) is 19.9. The number of aromatic nitrogens is 3. The van der Waals surface area contributed by atoms with Crippen LogP contribution < -0.4 is 5.32 Å². The van der Waals surface area contributed by atoms with E-state index in [0.717, 1.165) is 30.2 Å². The van der Waals surface area contributed by atoms with Gasteiger partial charge in [-0.25, -0.2) is 0 Å². The number of nitrogens with zero attached hydrogens (tertiary/aromatic N) is 4. The van der Waals surface area contributed by atoms with Crippen molar-refractivity contribution in [2.45, 2.75) is 62.8 Å². The van der Waals surface area contributed by atoms with E-state index in [1.807, 2.05) is 18.2 Å². The van der Waals surface area contributed by atoms with E-state index in [4.69, 9.17) is 0 Å². The Morgan fingerprint density at radius 3 is 2.61 bits per heavy atom. The van der Waals surface area contributed by atoms with Crippen LogP contribution in [0.5, 0.6) is 0 Å². The first-order chi connectivity index (χ1) is 13.6. The lowest BCUT2D eigenvalue weighted by atomic mass is 10.2. The largest absolute Gasteiger partial charge is 0.353 e. The summed E-state index contributed by atoms with van der Waals surface area (Å²) in [7, 11) is 4.13. The van der Waals surface area contributed by atoms with Crippen LogP contribution in [0.4, 0.5) is 0 Å². The Morgan fingerprint density at radius 2 is 1.96 bits per heavy atom. The van der Waals surface area contributed by atoms with Gasteiger partial charge in [0.25, 0.3) is 0 Å². The smallest absolute Gasteiger partial charge is 0.230 e. The van der Waals surface area contributed by atoms with Crippen molar-refractivity contribution in [3.63, 3.8) is 0 Å². The Kier molecular flexibility index (Phi) is 7.50. The Balaban J connectivity index is 1.75. The second-order valence-electron chi connectivity index (χ2n) is 7.64. The van der Waals surface area contributed by atoms with Gasteiger partial charge in [-0.3, -0.25) is 9.69 Å².